The third-order valence-corrected chi connectivity index (χ3v) is 11.4. The first kappa shape index (κ1) is 35.3. The third-order valence-electron chi connectivity index (χ3n) is 8.81. The fourth-order valence-electron chi connectivity index (χ4n) is 5.97. The Kier molecular flexibility index (Phi) is 11.6. The van der Waals surface area contributed by atoms with Gasteiger partial charge in [-0.15, -0.1) is 11.3 Å². The number of fused-ring (bicyclic) bond motifs is 1. The van der Waals surface area contributed by atoms with Crippen LogP contribution in [0.4, 0.5) is 5.82 Å². The van der Waals surface area contributed by atoms with E-state index < -0.39 is 12.0 Å². The molecule has 11 nitrogen and oxygen atoms in total. The topological polar surface area (TPSA) is 118 Å². The predicted octanol–water partition coefficient (Wildman–Crippen LogP) is 6.45. The maximum absolute atomic E-state index is 12.7. The molecule has 258 valence electrons. The molecule has 1 fully saturated rings. The Balaban J connectivity index is 1.23. The first-order chi connectivity index (χ1) is 23.7. The minimum absolute atomic E-state index is 0.172. The summed E-state index contributed by atoms with van der Waals surface area (Å²) < 4.78 is 15.2. The number of anilines is 1. The number of thiophene rings is 1. The van der Waals surface area contributed by atoms with Crippen LogP contribution in [0, 0.1) is 9.81 Å². The van der Waals surface area contributed by atoms with Crippen LogP contribution in [-0.4, -0.2) is 93.0 Å². The van der Waals surface area contributed by atoms with Crippen molar-refractivity contribution in [2.75, 3.05) is 51.7 Å². The van der Waals surface area contributed by atoms with E-state index in [1.54, 1.807) is 6.20 Å². The number of likely N-dealkylation sites (N-methyl/N-ethyl adjacent to an activating group) is 1. The maximum Gasteiger partial charge on any atom is 0.326 e. The van der Waals surface area contributed by atoms with Gasteiger partial charge in [-0.3, -0.25) is 9.58 Å². The number of aliphatic carboxylic acids is 1. The molecule has 1 atom stereocenters. The number of halogens is 2. The summed E-state index contributed by atoms with van der Waals surface area (Å²) in [4.78, 5) is 27.3. The quantitative estimate of drug-likeness (QED) is 0.121. The van der Waals surface area contributed by atoms with Gasteiger partial charge in [0.25, 0.3) is 0 Å². The normalized spacial score (nSPS) is 14.6. The van der Waals surface area contributed by atoms with E-state index in [0.29, 0.717) is 35.6 Å². The van der Waals surface area contributed by atoms with Crippen molar-refractivity contribution in [2.45, 2.75) is 39.5 Å². The Morgan fingerprint density at radius 3 is 2.67 bits per heavy atom. The molecule has 2 aromatic carbocycles. The smallest absolute Gasteiger partial charge is 0.326 e. The number of para-hydroxylation sites is 1. The minimum atomic E-state index is -1.01. The zero-order valence-electron chi connectivity index (χ0n) is 27.7. The van der Waals surface area contributed by atoms with Crippen LogP contribution in [0.2, 0.25) is 5.02 Å². The molecule has 5 aromatic rings. The number of aromatic nitrogens is 4. The Morgan fingerprint density at radius 2 is 1.90 bits per heavy atom. The molecule has 4 heterocycles. The van der Waals surface area contributed by atoms with Crippen LogP contribution >= 0.6 is 45.5 Å². The van der Waals surface area contributed by atoms with Gasteiger partial charge in [0.1, 0.15) is 47.7 Å². The molecule has 0 amide bonds. The van der Waals surface area contributed by atoms with Gasteiger partial charge in [-0.1, -0.05) is 35.9 Å². The fourth-order valence-corrected chi connectivity index (χ4v) is 8.26. The second-order valence-corrected chi connectivity index (χ2v) is 15.2. The molecule has 0 spiro atoms. The highest BCUT2D eigenvalue weighted by molar-refractivity contribution is 14.1. The molecule has 14 heteroatoms. The zero-order chi connectivity index (χ0) is 34.5. The molecule has 6 rings (SSSR count). The number of aryl methyl sites for hydroxylation is 1. The Labute approximate surface area is 308 Å². The SMILES string of the molecule is CCn1nccc1COc1ccccc1C[C@@H](Nc1ncnc2sc(I)c(-c3ccc(OCCN4CCN(C)CC4)c(Cl)c3C)c12)C(=O)O. The van der Waals surface area contributed by atoms with Gasteiger partial charge in [0.05, 0.1) is 19.0 Å². The lowest BCUT2D eigenvalue weighted by Gasteiger charge is -2.32. The van der Waals surface area contributed by atoms with Gasteiger partial charge in [0.15, 0.2) is 0 Å². The minimum Gasteiger partial charge on any atom is -0.491 e. The van der Waals surface area contributed by atoms with Crippen LogP contribution in [0.5, 0.6) is 11.5 Å². The van der Waals surface area contributed by atoms with E-state index in [0.717, 1.165) is 80.3 Å². The molecule has 2 N–H and O–H groups in total. The molecule has 0 unspecified atom stereocenters. The summed E-state index contributed by atoms with van der Waals surface area (Å²) in [5.74, 6) is 0.704. The van der Waals surface area contributed by atoms with E-state index in [1.807, 2.05) is 61.0 Å². The van der Waals surface area contributed by atoms with Crippen molar-refractivity contribution < 1.29 is 19.4 Å². The summed E-state index contributed by atoms with van der Waals surface area (Å²) in [5, 5.41) is 19.2. The van der Waals surface area contributed by atoms with Gasteiger partial charge in [0.2, 0.25) is 0 Å². The van der Waals surface area contributed by atoms with Crippen molar-refractivity contribution >= 4 is 67.5 Å². The van der Waals surface area contributed by atoms with Gasteiger partial charge >= 0.3 is 5.97 Å². The first-order valence-corrected chi connectivity index (χ1v) is 18.5. The van der Waals surface area contributed by atoms with Crippen LogP contribution in [0.3, 0.4) is 0 Å². The van der Waals surface area contributed by atoms with Crippen molar-refractivity contribution in [3.8, 4) is 22.6 Å². The average Bonchev–Trinajstić information content (AvgIpc) is 3.70. The molecular weight excluding hydrogens is 777 g/mol. The molecule has 49 heavy (non-hydrogen) atoms. The number of nitrogens with zero attached hydrogens (tertiary/aromatic N) is 6. The summed E-state index contributed by atoms with van der Waals surface area (Å²) in [5.41, 5.74) is 4.40. The number of hydrogen-bond acceptors (Lipinski definition) is 10. The molecular formula is C35H39ClIN7O4S. The van der Waals surface area contributed by atoms with Crippen molar-refractivity contribution in [3.63, 3.8) is 0 Å². The van der Waals surface area contributed by atoms with E-state index in [9.17, 15) is 9.90 Å². The highest BCUT2D eigenvalue weighted by Gasteiger charge is 2.26. The molecule has 0 saturated carbocycles. The van der Waals surface area contributed by atoms with E-state index in [4.69, 9.17) is 21.1 Å². The summed E-state index contributed by atoms with van der Waals surface area (Å²) >= 11 is 10.8. The van der Waals surface area contributed by atoms with Crippen LogP contribution < -0.4 is 14.8 Å². The number of benzene rings is 2. The lowest BCUT2D eigenvalue weighted by atomic mass is 10.00. The molecule has 0 aliphatic carbocycles. The molecule has 3 aromatic heterocycles. The van der Waals surface area contributed by atoms with Gasteiger partial charge in [-0.2, -0.15) is 5.10 Å². The van der Waals surface area contributed by atoms with E-state index in [2.05, 4.69) is 59.8 Å². The number of nitrogens with one attached hydrogen (secondary N) is 1. The molecule has 0 radical (unpaired) electrons. The third kappa shape index (κ3) is 8.12. The number of rotatable bonds is 14. The van der Waals surface area contributed by atoms with Crippen LogP contribution in [0.15, 0.2) is 55.0 Å². The predicted molar refractivity (Wildman–Crippen MR) is 202 cm³/mol. The van der Waals surface area contributed by atoms with Crippen molar-refractivity contribution in [1.82, 2.24) is 29.5 Å². The number of carbonyl (C=O) groups is 1. The molecule has 1 aliphatic heterocycles. The standard InChI is InChI=1S/C35H39ClIN7O4S/c1-4-44-24(11-12-40-44)20-48-27-8-6-5-7-23(27)19-26(35(45)46)41-33-30-29(32(37)49-34(30)39-21-38-33)25-9-10-28(31(36)22(25)2)47-18-17-43-15-13-42(3)14-16-43/h5-12,21,26H,4,13-20H2,1-3H3,(H,45,46)(H,38,39,41)/t26-/m1/s1. The summed E-state index contributed by atoms with van der Waals surface area (Å²) in [6.07, 6.45) is 3.38. The van der Waals surface area contributed by atoms with E-state index in [1.165, 1.54) is 17.7 Å². The summed E-state index contributed by atoms with van der Waals surface area (Å²) in [6, 6.07) is 12.4. The molecule has 1 saturated heterocycles. The first-order valence-electron chi connectivity index (χ1n) is 16.2. The number of ether oxygens (including phenoxy) is 2. The number of carboxylic acids is 1. The van der Waals surface area contributed by atoms with Gasteiger partial charge in [-0.25, -0.2) is 14.8 Å². The largest absolute Gasteiger partial charge is 0.491 e. The second-order valence-electron chi connectivity index (χ2n) is 12.0. The van der Waals surface area contributed by atoms with Crippen molar-refractivity contribution in [1.29, 1.82) is 0 Å². The highest BCUT2D eigenvalue weighted by Crippen LogP contribution is 2.45. The van der Waals surface area contributed by atoms with Gasteiger partial charge < -0.3 is 24.8 Å². The zero-order valence-corrected chi connectivity index (χ0v) is 31.4. The summed E-state index contributed by atoms with van der Waals surface area (Å²) in [6.45, 7) is 10.6. The van der Waals surface area contributed by atoms with E-state index >= 15 is 0 Å². The second kappa shape index (κ2) is 16.0. The Morgan fingerprint density at radius 1 is 1.10 bits per heavy atom. The van der Waals surface area contributed by atoms with Crippen LogP contribution in [0.1, 0.15) is 23.7 Å². The highest BCUT2D eigenvalue weighted by atomic mass is 127. The van der Waals surface area contributed by atoms with Gasteiger partial charge in [0, 0.05) is 57.4 Å². The monoisotopic (exact) mass is 815 g/mol. The average molecular weight is 816 g/mol. The molecule has 1 aliphatic rings. The van der Waals surface area contributed by atoms with Crippen molar-refractivity contribution in [2.24, 2.45) is 0 Å². The van der Waals surface area contributed by atoms with Gasteiger partial charge in [-0.05, 0) is 78.4 Å². The van der Waals surface area contributed by atoms with E-state index in [-0.39, 0.29) is 6.42 Å². The van der Waals surface area contributed by atoms with Crippen molar-refractivity contribution in [3.05, 3.63) is 79.7 Å². The maximum atomic E-state index is 12.7. The fraction of sp³-hybridized carbons (Fsp3) is 0.371. The summed E-state index contributed by atoms with van der Waals surface area (Å²) in [7, 11) is 2.15. The molecule has 0 bridgehead atoms. The lowest BCUT2D eigenvalue weighted by molar-refractivity contribution is -0.137. The number of hydrogen-bond donors (Lipinski definition) is 2. The number of carboxylic acid groups (broad SMARTS) is 1. The van der Waals surface area contributed by atoms with Crippen LogP contribution in [-0.2, 0) is 24.4 Å². The lowest BCUT2D eigenvalue weighted by Crippen LogP contribution is -2.45. The Hall–Kier alpha value is -3.50. The number of piperazine rings is 1. The Bertz CT molecular complexity index is 1930. The van der Waals surface area contributed by atoms with Crippen LogP contribution in [0.25, 0.3) is 21.3 Å².